The Bertz CT molecular complexity index is 647. The van der Waals surface area contributed by atoms with E-state index < -0.39 is 12.0 Å². The van der Waals surface area contributed by atoms with Crippen LogP contribution in [-0.4, -0.2) is 33.6 Å². The number of aromatic nitrogens is 2. The minimum Gasteiger partial charge on any atom is -0.480 e. The predicted molar refractivity (Wildman–Crippen MR) is 80.3 cm³/mol. The summed E-state index contributed by atoms with van der Waals surface area (Å²) in [4.78, 5) is 21.7. The monoisotopic (exact) mass is 369 g/mol. The fourth-order valence-electron chi connectivity index (χ4n) is 2.52. The van der Waals surface area contributed by atoms with Crippen LogP contribution in [-0.2, 0) is 4.79 Å². The molecular formula is C13H12IN3O2. The number of fused-ring (bicyclic) bond motifs is 1. The van der Waals surface area contributed by atoms with E-state index in [2.05, 4.69) is 32.6 Å². The fourth-order valence-corrected chi connectivity index (χ4v) is 3.01. The number of halogens is 1. The van der Waals surface area contributed by atoms with Crippen LogP contribution in [0.2, 0.25) is 0 Å². The zero-order valence-electron chi connectivity index (χ0n) is 10.1. The van der Waals surface area contributed by atoms with Crippen LogP contribution in [0.1, 0.15) is 12.8 Å². The van der Waals surface area contributed by atoms with Gasteiger partial charge in [0.1, 0.15) is 18.2 Å². The van der Waals surface area contributed by atoms with Gasteiger partial charge in [0.25, 0.3) is 0 Å². The molecule has 3 rings (SSSR count). The number of aliphatic carboxylic acids is 1. The zero-order chi connectivity index (χ0) is 13.4. The Labute approximate surface area is 123 Å². The Kier molecular flexibility index (Phi) is 3.26. The lowest BCUT2D eigenvalue weighted by atomic mass is 10.2. The summed E-state index contributed by atoms with van der Waals surface area (Å²) in [6.07, 6.45) is 3.05. The number of carbonyl (C=O) groups is 1. The average molecular weight is 369 g/mol. The molecule has 1 aromatic carbocycles. The second-order valence-corrected chi connectivity index (χ2v) is 5.79. The number of hydrogen-bond donors (Lipinski definition) is 1. The normalized spacial score (nSPS) is 19.0. The molecule has 19 heavy (non-hydrogen) atoms. The Morgan fingerprint density at radius 1 is 1.42 bits per heavy atom. The molecule has 0 spiro atoms. The largest absolute Gasteiger partial charge is 0.480 e. The standard InChI is InChI=1S/C13H12IN3O2/c14-8-3-4-10-9(6-8)12(16-7-15-10)17-5-1-2-11(17)13(18)19/h3-4,6-7,11H,1-2,5H2,(H,18,19)/t11-/m1/s1. The van der Waals surface area contributed by atoms with E-state index in [1.807, 2.05) is 23.1 Å². The smallest absolute Gasteiger partial charge is 0.326 e. The van der Waals surface area contributed by atoms with Crippen molar-refractivity contribution < 1.29 is 9.90 Å². The molecule has 0 aliphatic carbocycles. The second-order valence-electron chi connectivity index (χ2n) is 4.55. The zero-order valence-corrected chi connectivity index (χ0v) is 12.2. The van der Waals surface area contributed by atoms with Gasteiger partial charge in [-0.2, -0.15) is 0 Å². The number of carboxylic acids is 1. The van der Waals surface area contributed by atoms with Gasteiger partial charge in [-0.05, 0) is 53.6 Å². The highest BCUT2D eigenvalue weighted by Crippen LogP contribution is 2.30. The van der Waals surface area contributed by atoms with Gasteiger partial charge in [-0.25, -0.2) is 14.8 Å². The first kappa shape index (κ1) is 12.6. The molecule has 5 nitrogen and oxygen atoms in total. The van der Waals surface area contributed by atoms with Crippen LogP contribution in [0.4, 0.5) is 5.82 Å². The molecule has 0 amide bonds. The highest BCUT2D eigenvalue weighted by molar-refractivity contribution is 14.1. The predicted octanol–water partition coefficient (Wildman–Crippen LogP) is 2.29. The molecule has 1 aliphatic heterocycles. The Balaban J connectivity index is 2.14. The molecule has 0 bridgehead atoms. The van der Waals surface area contributed by atoms with E-state index in [0.29, 0.717) is 6.42 Å². The third-order valence-corrected chi connectivity index (χ3v) is 4.06. The summed E-state index contributed by atoms with van der Waals surface area (Å²) in [5.41, 5.74) is 0.849. The molecule has 1 aliphatic rings. The Morgan fingerprint density at radius 3 is 3.05 bits per heavy atom. The average Bonchev–Trinajstić information content (AvgIpc) is 2.87. The maximum Gasteiger partial charge on any atom is 0.326 e. The number of carboxylic acid groups (broad SMARTS) is 1. The van der Waals surface area contributed by atoms with E-state index in [0.717, 1.165) is 33.3 Å². The summed E-state index contributed by atoms with van der Waals surface area (Å²) in [6.45, 7) is 0.731. The SMILES string of the molecule is O=C(O)[C@H]1CCCN1c1ncnc2ccc(I)cc12. The van der Waals surface area contributed by atoms with Crippen molar-refractivity contribution in [3.8, 4) is 0 Å². The van der Waals surface area contributed by atoms with Crippen molar-refractivity contribution in [2.45, 2.75) is 18.9 Å². The minimum absolute atomic E-state index is 0.476. The van der Waals surface area contributed by atoms with E-state index in [1.165, 1.54) is 6.33 Å². The summed E-state index contributed by atoms with van der Waals surface area (Å²) in [5.74, 6) is -0.0525. The summed E-state index contributed by atoms with van der Waals surface area (Å²) in [6, 6.07) is 5.45. The van der Waals surface area contributed by atoms with Crippen LogP contribution in [0.25, 0.3) is 10.9 Å². The summed E-state index contributed by atoms with van der Waals surface area (Å²) in [5, 5.41) is 10.2. The van der Waals surface area contributed by atoms with Crippen LogP contribution in [0.5, 0.6) is 0 Å². The van der Waals surface area contributed by atoms with Crippen molar-refractivity contribution in [2.75, 3.05) is 11.4 Å². The van der Waals surface area contributed by atoms with Gasteiger partial charge in [0, 0.05) is 15.5 Å². The molecule has 98 valence electrons. The molecule has 1 aromatic heterocycles. The van der Waals surface area contributed by atoms with Gasteiger partial charge >= 0.3 is 5.97 Å². The van der Waals surface area contributed by atoms with Gasteiger partial charge in [0.15, 0.2) is 0 Å². The van der Waals surface area contributed by atoms with E-state index >= 15 is 0 Å². The number of anilines is 1. The molecule has 1 saturated heterocycles. The number of benzene rings is 1. The number of rotatable bonds is 2. The lowest BCUT2D eigenvalue weighted by Gasteiger charge is -2.23. The van der Waals surface area contributed by atoms with Crippen LogP contribution in [0.15, 0.2) is 24.5 Å². The highest BCUT2D eigenvalue weighted by Gasteiger charge is 2.32. The van der Waals surface area contributed by atoms with E-state index in [4.69, 9.17) is 0 Å². The van der Waals surface area contributed by atoms with Gasteiger partial charge in [-0.1, -0.05) is 0 Å². The van der Waals surface area contributed by atoms with Gasteiger partial charge in [-0.15, -0.1) is 0 Å². The first-order valence-corrected chi connectivity index (χ1v) is 7.14. The first-order chi connectivity index (χ1) is 9.16. The summed E-state index contributed by atoms with van der Waals surface area (Å²) in [7, 11) is 0. The summed E-state index contributed by atoms with van der Waals surface area (Å²) >= 11 is 2.24. The first-order valence-electron chi connectivity index (χ1n) is 6.06. The van der Waals surface area contributed by atoms with E-state index in [-0.39, 0.29) is 0 Å². The van der Waals surface area contributed by atoms with Crippen molar-refractivity contribution in [1.29, 1.82) is 0 Å². The van der Waals surface area contributed by atoms with Crippen LogP contribution < -0.4 is 4.90 Å². The lowest BCUT2D eigenvalue weighted by molar-refractivity contribution is -0.138. The number of hydrogen-bond acceptors (Lipinski definition) is 4. The highest BCUT2D eigenvalue weighted by atomic mass is 127. The van der Waals surface area contributed by atoms with Gasteiger partial charge in [-0.3, -0.25) is 0 Å². The number of nitrogens with zero attached hydrogens (tertiary/aromatic N) is 3. The molecule has 0 unspecified atom stereocenters. The van der Waals surface area contributed by atoms with Crippen molar-refractivity contribution in [1.82, 2.24) is 9.97 Å². The van der Waals surface area contributed by atoms with Gasteiger partial charge < -0.3 is 10.0 Å². The molecule has 1 atom stereocenters. The Morgan fingerprint density at radius 2 is 2.26 bits per heavy atom. The second kappa shape index (κ2) is 4.92. The lowest BCUT2D eigenvalue weighted by Crippen LogP contribution is -2.36. The third kappa shape index (κ3) is 2.24. The minimum atomic E-state index is -0.783. The van der Waals surface area contributed by atoms with Crippen molar-refractivity contribution >= 4 is 45.3 Å². The molecule has 2 heterocycles. The molecule has 1 N–H and O–H groups in total. The van der Waals surface area contributed by atoms with Gasteiger partial charge in [0.2, 0.25) is 0 Å². The molecular weight excluding hydrogens is 357 g/mol. The molecule has 0 saturated carbocycles. The van der Waals surface area contributed by atoms with Crippen LogP contribution >= 0.6 is 22.6 Å². The third-order valence-electron chi connectivity index (χ3n) is 3.39. The van der Waals surface area contributed by atoms with Crippen molar-refractivity contribution in [2.24, 2.45) is 0 Å². The molecule has 1 fully saturated rings. The quantitative estimate of drug-likeness (QED) is 0.823. The van der Waals surface area contributed by atoms with E-state index in [1.54, 1.807) is 0 Å². The molecule has 0 radical (unpaired) electrons. The maximum absolute atomic E-state index is 11.3. The topological polar surface area (TPSA) is 66.3 Å². The van der Waals surface area contributed by atoms with Gasteiger partial charge in [0.05, 0.1) is 5.52 Å². The van der Waals surface area contributed by atoms with Crippen LogP contribution in [0, 0.1) is 3.57 Å². The molecule has 6 heteroatoms. The van der Waals surface area contributed by atoms with Crippen molar-refractivity contribution in [3.63, 3.8) is 0 Å². The summed E-state index contributed by atoms with van der Waals surface area (Å²) < 4.78 is 1.09. The van der Waals surface area contributed by atoms with Crippen LogP contribution in [0.3, 0.4) is 0 Å². The van der Waals surface area contributed by atoms with Crippen molar-refractivity contribution in [3.05, 3.63) is 28.1 Å². The maximum atomic E-state index is 11.3. The fraction of sp³-hybridized carbons (Fsp3) is 0.308. The molecule has 2 aromatic rings. The Hall–Kier alpha value is -1.44. The van der Waals surface area contributed by atoms with E-state index in [9.17, 15) is 9.90 Å².